The molecule has 5 heteroatoms. The summed E-state index contributed by atoms with van der Waals surface area (Å²) in [5, 5.41) is 21.3. The van der Waals surface area contributed by atoms with Crippen molar-refractivity contribution in [3.8, 4) is 0 Å². The predicted molar refractivity (Wildman–Crippen MR) is 146 cm³/mol. The van der Waals surface area contributed by atoms with Gasteiger partial charge in [-0.2, -0.15) is 0 Å². The molecule has 0 bridgehead atoms. The van der Waals surface area contributed by atoms with Crippen LogP contribution in [0.1, 0.15) is 86.5 Å². The number of allylic oxidation sites excluding steroid dienone is 9. The van der Waals surface area contributed by atoms with Gasteiger partial charge in [-0.3, -0.25) is 4.79 Å². The van der Waals surface area contributed by atoms with E-state index in [4.69, 9.17) is 9.47 Å². The van der Waals surface area contributed by atoms with Gasteiger partial charge in [0.05, 0.1) is 17.1 Å². The van der Waals surface area contributed by atoms with Crippen LogP contribution in [0.25, 0.3) is 0 Å². The van der Waals surface area contributed by atoms with Crippen LogP contribution in [0, 0.1) is 11.3 Å². The molecule has 1 heterocycles. The van der Waals surface area contributed by atoms with Crippen molar-refractivity contribution in [3.63, 3.8) is 0 Å². The van der Waals surface area contributed by atoms with E-state index >= 15 is 0 Å². The van der Waals surface area contributed by atoms with E-state index in [-0.39, 0.29) is 18.6 Å². The molecule has 1 spiro atoms. The van der Waals surface area contributed by atoms with Crippen molar-refractivity contribution >= 4 is 6.29 Å². The fraction of sp³-hybridized carbons (Fsp3) is 0.645. The van der Waals surface area contributed by atoms with Crippen LogP contribution in [0.5, 0.6) is 0 Å². The van der Waals surface area contributed by atoms with Gasteiger partial charge in [0.25, 0.3) is 0 Å². The summed E-state index contributed by atoms with van der Waals surface area (Å²) in [6.45, 7) is 12.2. The number of hydrogen-bond acceptors (Lipinski definition) is 5. The topological polar surface area (TPSA) is 76.0 Å². The van der Waals surface area contributed by atoms with Crippen LogP contribution in [0.2, 0.25) is 0 Å². The molecule has 0 aromatic heterocycles. The minimum absolute atomic E-state index is 0.0646. The lowest BCUT2D eigenvalue weighted by molar-refractivity contribution is -0.231. The first kappa shape index (κ1) is 30.4. The van der Waals surface area contributed by atoms with E-state index in [1.807, 2.05) is 13.8 Å². The normalized spacial score (nSPS) is 32.9. The Balaban J connectivity index is 2.32. The zero-order chi connectivity index (χ0) is 26.9. The number of aliphatic hydroxyl groups excluding tert-OH is 1. The summed E-state index contributed by atoms with van der Waals surface area (Å²) < 4.78 is 12.3. The summed E-state index contributed by atoms with van der Waals surface area (Å²) >= 11 is 0. The maximum Gasteiger partial charge on any atom is 0.166 e. The van der Waals surface area contributed by atoms with Gasteiger partial charge in [0.15, 0.2) is 6.29 Å². The van der Waals surface area contributed by atoms with Crippen molar-refractivity contribution in [1.29, 1.82) is 0 Å². The number of hydrogen-bond donors (Lipinski definition) is 2. The maximum absolute atomic E-state index is 11.7. The van der Waals surface area contributed by atoms with Crippen molar-refractivity contribution in [2.75, 3.05) is 13.7 Å². The third kappa shape index (κ3) is 7.16. The van der Waals surface area contributed by atoms with Crippen LogP contribution < -0.4 is 0 Å². The van der Waals surface area contributed by atoms with E-state index < -0.39 is 17.3 Å². The van der Waals surface area contributed by atoms with Crippen molar-refractivity contribution in [3.05, 3.63) is 58.2 Å². The van der Waals surface area contributed by atoms with Crippen molar-refractivity contribution in [2.45, 2.75) is 104 Å². The number of ether oxygens (including phenoxy) is 2. The third-order valence-electron chi connectivity index (χ3n) is 8.01. The lowest BCUT2D eigenvalue weighted by Gasteiger charge is -2.54. The largest absolute Gasteiger partial charge is 0.396 e. The highest BCUT2D eigenvalue weighted by Crippen LogP contribution is 2.61. The Morgan fingerprint density at radius 3 is 2.56 bits per heavy atom. The average Bonchev–Trinajstić information content (AvgIpc) is 3.18. The van der Waals surface area contributed by atoms with Crippen LogP contribution in [0.4, 0.5) is 0 Å². The first-order valence-corrected chi connectivity index (χ1v) is 13.3. The van der Waals surface area contributed by atoms with Gasteiger partial charge in [0.2, 0.25) is 0 Å². The quantitative estimate of drug-likeness (QED) is 0.149. The molecule has 2 fully saturated rings. The van der Waals surface area contributed by atoms with Gasteiger partial charge in [-0.15, -0.1) is 0 Å². The summed E-state index contributed by atoms with van der Waals surface area (Å²) in [6, 6.07) is 0. The molecule has 0 unspecified atom stereocenters. The molecule has 1 saturated heterocycles. The number of rotatable bonds is 11. The molecular weight excluding hydrogens is 452 g/mol. The Bertz CT molecular complexity index is 900. The van der Waals surface area contributed by atoms with Crippen LogP contribution in [0.15, 0.2) is 58.2 Å². The molecule has 2 rings (SSSR count). The summed E-state index contributed by atoms with van der Waals surface area (Å²) in [4.78, 5) is 11.7. The molecule has 0 radical (unpaired) electrons. The molecule has 0 aromatic carbocycles. The minimum Gasteiger partial charge on any atom is -0.396 e. The Kier molecular flexibility index (Phi) is 11.6. The Morgan fingerprint density at radius 1 is 1.22 bits per heavy atom. The van der Waals surface area contributed by atoms with Gasteiger partial charge in [0, 0.05) is 13.7 Å². The predicted octanol–water partition coefficient (Wildman–Crippen LogP) is 6.38. The second-order valence-corrected chi connectivity index (χ2v) is 11.1. The van der Waals surface area contributed by atoms with Gasteiger partial charge in [-0.05, 0) is 98.0 Å². The highest BCUT2D eigenvalue weighted by Gasteiger charge is 2.64. The van der Waals surface area contributed by atoms with Gasteiger partial charge < -0.3 is 19.7 Å². The molecular formula is C31H48O5. The Morgan fingerprint density at radius 2 is 1.94 bits per heavy atom. The standard InChI is InChI=1S/C31H48O5/c1-22(2)11-8-12-23(3)13-9-14-24(4)19-26-20-31(29(35-7)36-26)28(15-10-18-32)27(25(5)21-33)16-17-30(31,6)34/h9,11,13-14,19,21,26,28-29,32,34H,8,10,12,15-18,20H2,1-7H3/b14-9+,23-13+,24-19+,27-25-/t26-,28-,29-,30+,31+/m1/s1. The number of aliphatic hydroxyl groups is 2. The fourth-order valence-corrected chi connectivity index (χ4v) is 6.03. The monoisotopic (exact) mass is 500 g/mol. The number of carbonyl (C=O) groups excluding carboxylic acids is 1. The molecule has 0 aromatic rings. The average molecular weight is 501 g/mol. The van der Waals surface area contributed by atoms with Crippen molar-refractivity contribution in [2.24, 2.45) is 11.3 Å². The number of carbonyl (C=O) groups is 1. The van der Waals surface area contributed by atoms with E-state index in [9.17, 15) is 15.0 Å². The van der Waals surface area contributed by atoms with E-state index in [2.05, 4.69) is 58.1 Å². The number of methoxy groups -OCH3 is 1. The van der Waals surface area contributed by atoms with Crippen LogP contribution in [-0.4, -0.2) is 48.2 Å². The summed E-state index contributed by atoms with van der Waals surface area (Å²) in [5.41, 5.74) is 3.81. The Hall–Kier alpha value is -1.79. The molecule has 36 heavy (non-hydrogen) atoms. The number of aldehydes is 1. The molecule has 1 saturated carbocycles. The van der Waals surface area contributed by atoms with E-state index in [0.717, 1.165) is 30.3 Å². The van der Waals surface area contributed by atoms with Crippen LogP contribution in [0.3, 0.4) is 0 Å². The van der Waals surface area contributed by atoms with Gasteiger partial charge in [-0.1, -0.05) is 52.7 Å². The molecule has 5 atom stereocenters. The first-order chi connectivity index (χ1) is 17.0. The second-order valence-electron chi connectivity index (χ2n) is 11.1. The van der Waals surface area contributed by atoms with E-state index in [0.29, 0.717) is 37.7 Å². The zero-order valence-electron chi connectivity index (χ0n) is 23.5. The smallest absolute Gasteiger partial charge is 0.166 e. The highest BCUT2D eigenvalue weighted by molar-refractivity contribution is 5.74. The van der Waals surface area contributed by atoms with Crippen LogP contribution in [-0.2, 0) is 14.3 Å². The van der Waals surface area contributed by atoms with Crippen LogP contribution >= 0.6 is 0 Å². The van der Waals surface area contributed by atoms with Crippen molar-refractivity contribution < 1.29 is 24.5 Å². The second kappa shape index (κ2) is 13.7. The van der Waals surface area contributed by atoms with Gasteiger partial charge in [0.1, 0.15) is 6.29 Å². The zero-order valence-corrected chi connectivity index (χ0v) is 23.5. The molecule has 202 valence electrons. The van der Waals surface area contributed by atoms with Gasteiger partial charge in [-0.25, -0.2) is 0 Å². The fourth-order valence-electron chi connectivity index (χ4n) is 6.03. The molecule has 5 nitrogen and oxygen atoms in total. The lowest BCUT2D eigenvalue weighted by Crippen LogP contribution is -2.59. The first-order valence-electron chi connectivity index (χ1n) is 13.3. The highest BCUT2D eigenvalue weighted by atomic mass is 16.7. The lowest BCUT2D eigenvalue weighted by atomic mass is 9.53. The van der Waals surface area contributed by atoms with E-state index in [1.165, 1.54) is 11.1 Å². The van der Waals surface area contributed by atoms with Gasteiger partial charge >= 0.3 is 0 Å². The SMILES string of the molecule is CO[C@@H]1O[C@H](/C=C(C)/C=C/C=C(\C)CCC=C(C)C)C[C@]12[C@H](CCCO)/C(=C(/C)C=O)CC[C@]2(C)O. The summed E-state index contributed by atoms with van der Waals surface area (Å²) in [6.07, 6.45) is 15.9. The summed E-state index contributed by atoms with van der Waals surface area (Å²) in [7, 11) is 1.62. The molecule has 0 amide bonds. The molecule has 1 aliphatic carbocycles. The Labute approximate surface area is 218 Å². The van der Waals surface area contributed by atoms with Crippen molar-refractivity contribution in [1.82, 2.24) is 0 Å². The molecule has 1 aliphatic heterocycles. The third-order valence-corrected chi connectivity index (χ3v) is 8.01. The molecule has 2 aliphatic rings. The maximum atomic E-state index is 11.7. The molecule has 2 N–H and O–H groups in total. The van der Waals surface area contributed by atoms with E-state index in [1.54, 1.807) is 7.11 Å². The summed E-state index contributed by atoms with van der Waals surface area (Å²) in [5.74, 6) is -0.107. The minimum atomic E-state index is -1.03.